The van der Waals surface area contributed by atoms with Crippen LogP contribution in [0, 0.1) is 0 Å². The third-order valence-electron chi connectivity index (χ3n) is 3.05. The summed E-state index contributed by atoms with van der Waals surface area (Å²) in [4.78, 5) is 24.7. The first kappa shape index (κ1) is 10.1. The molecule has 0 aromatic rings. The van der Waals surface area contributed by atoms with Gasteiger partial charge in [-0.1, -0.05) is 6.08 Å². The standard InChI is InChI=1S/C12H15NO2/c1-2-7-13-10-6-4-3-5-9(10)8-11(14)12(13)15/h2H,1,3-8H2. The van der Waals surface area contributed by atoms with Crippen LogP contribution < -0.4 is 0 Å². The fraction of sp³-hybridized carbons (Fsp3) is 0.500. The van der Waals surface area contributed by atoms with Gasteiger partial charge in [-0.2, -0.15) is 0 Å². The molecule has 3 nitrogen and oxygen atoms in total. The van der Waals surface area contributed by atoms with Gasteiger partial charge in [0, 0.05) is 18.7 Å². The zero-order valence-corrected chi connectivity index (χ0v) is 8.79. The predicted octanol–water partition coefficient (Wildman–Crippen LogP) is 1.80. The van der Waals surface area contributed by atoms with Crippen molar-refractivity contribution in [2.45, 2.75) is 32.1 Å². The summed E-state index contributed by atoms with van der Waals surface area (Å²) in [5, 5.41) is 0. The van der Waals surface area contributed by atoms with Gasteiger partial charge in [0.25, 0.3) is 5.91 Å². The molecular weight excluding hydrogens is 190 g/mol. The van der Waals surface area contributed by atoms with E-state index in [-0.39, 0.29) is 11.7 Å². The fourth-order valence-electron chi connectivity index (χ4n) is 2.33. The maximum absolute atomic E-state index is 11.7. The minimum Gasteiger partial charge on any atom is -0.306 e. The lowest BCUT2D eigenvalue weighted by Crippen LogP contribution is -2.41. The molecule has 1 aliphatic carbocycles. The average molecular weight is 205 g/mol. The minimum atomic E-state index is -0.351. The second kappa shape index (κ2) is 4.01. The van der Waals surface area contributed by atoms with Crippen molar-refractivity contribution in [2.24, 2.45) is 0 Å². The molecule has 2 aliphatic rings. The number of hydrogen-bond acceptors (Lipinski definition) is 2. The summed E-state index contributed by atoms with van der Waals surface area (Å²) >= 11 is 0. The third-order valence-corrected chi connectivity index (χ3v) is 3.05. The van der Waals surface area contributed by atoms with Gasteiger partial charge >= 0.3 is 0 Å². The van der Waals surface area contributed by atoms with Crippen LogP contribution in [0.25, 0.3) is 0 Å². The molecule has 1 amide bonds. The van der Waals surface area contributed by atoms with Crippen molar-refractivity contribution in [1.29, 1.82) is 0 Å². The summed E-state index contributed by atoms with van der Waals surface area (Å²) in [6, 6.07) is 0. The zero-order chi connectivity index (χ0) is 10.8. The number of Topliss-reactive ketones (excluding diaryl/α,β-unsaturated/α-hetero) is 1. The zero-order valence-electron chi connectivity index (χ0n) is 8.79. The summed E-state index contributed by atoms with van der Waals surface area (Å²) in [6.07, 6.45) is 6.19. The molecule has 3 heteroatoms. The Morgan fingerprint density at radius 3 is 2.73 bits per heavy atom. The van der Waals surface area contributed by atoms with E-state index >= 15 is 0 Å². The first-order valence-electron chi connectivity index (χ1n) is 5.40. The molecule has 0 radical (unpaired) electrons. The topological polar surface area (TPSA) is 37.4 Å². The highest BCUT2D eigenvalue weighted by atomic mass is 16.2. The lowest BCUT2D eigenvalue weighted by Gasteiger charge is -2.33. The fourth-order valence-corrected chi connectivity index (χ4v) is 2.33. The summed E-state index contributed by atoms with van der Waals surface area (Å²) in [6.45, 7) is 4.09. The van der Waals surface area contributed by atoms with E-state index in [1.807, 2.05) is 0 Å². The van der Waals surface area contributed by atoms with Crippen LogP contribution in [-0.2, 0) is 9.59 Å². The van der Waals surface area contributed by atoms with Crippen molar-refractivity contribution in [1.82, 2.24) is 4.90 Å². The molecule has 80 valence electrons. The van der Waals surface area contributed by atoms with E-state index < -0.39 is 0 Å². The number of carbonyl (C=O) groups is 2. The Morgan fingerprint density at radius 2 is 2.00 bits per heavy atom. The van der Waals surface area contributed by atoms with Crippen molar-refractivity contribution in [2.75, 3.05) is 6.54 Å². The van der Waals surface area contributed by atoms with Crippen molar-refractivity contribution in [3.05, 3.63) is 23.9 Å². The van der Waals surface area contributed by atoms with Crippen molar-refractivity contribution in [3.8, 4) is 0 Å². The molecule has 0 unspecified atom stereocenters. The van der Waals surface area contributed by atoms with Gasteiger partial charge in [0.05, 0.1) is 0 Å². The maximum Gasteiger partial charge on any atom is 0.294 e. The van der Waals surface area contributed by atoms with Gasteiger partial charge in [0.2, 0.25) is 5.78 Å². The summed E-state index contributed by atoms with van der Waals surface area (Å²) < 4.78 is 0. The van der Waals surface area contributed by atoms with Gasteiger partial charge < -0.3 is 4.90 Å². The molecule has 0 bridgehead atoms. The van der Waals surface area contributed by atoms with Crippen LogP contribution in [0.2, 0.25) is 0 Å². The molecule has 0 fully saturated rings. The summed E-state index contributed by atoms with van der Waals surface area (Å²) in [5.41, 5.74) is 2.26. The van der Waals surface area contributed by atoms with E-state index in [4.69, 9.17) is 0 Å². The Bertz CT molecular complexity index is 355. The maximum atomic E-state index is 11.7. The molecule has 0 spiro atoms. The van der Waals surface area contributed by atoms with Gasteiger partial charge in [-0.15, -0.1) is 6.58 Å². The summed E-state index contributed by atoms with van der Waals surface area (Å²) in [5.74, 6) is -0.618. The second-order valence-electron chi connectivity index (χ2n) is 4.06. The van der Waals surface area contributed by atoms with Crippen LogP contribution >= 0.6 is 0 Å². The summed E-state index contributed by atoms with van der Waals surface area (Å²) in [7, 11) is 0. The minimum absolute atomic E-state index is 0.266. The monoisotopic (exact) mass is 205 g/mol. The predicted molar refractivity (Wildman–Crippen MR) is 57.0 cm³/mol. The number of rotatable bonds is 2. The average Bonchev–Trinajstić information content (AvgIpc) is 2.25. The molecular formula is C12H15NO2. The van der Waals surface area contributed by atoms with Crippen molar-refractivity contribution in [3.63, 3.8) is 0 Å². The molecule has 2 rings (SSSR count). The number of nitrogens with zero attached hydrogens (tertiary/aromatic N) is 1. The molecule has 1 aliphatic heterocycles. The van der Waals surface area contributed by atoms with Gasteiger partial charge in [-0.3, -0.25) is 9.59 Å². The number of amides is 1. The van der Waals surface area contributed by atoms with Gasteiger partial charge in [-0.25, -0.2) is 0 Å². The molecule has 15 heavy (non-hydrogen) atoms. The van der Waals surface area contributed by atoms with E-state index in [0.29, 0.717) is 13.0 Å². The first-order valence-corrected chi connectivity index (χ1v) is 5.40. The van der Waals surface area contributed by atoms with Crippen LogP contribution in [0.1, 0.15) is 32.1 Å². The van der Waals surface area contributed by atoms with E-state index in [2.05, 4.69) is 6.58 Å². The van der Waals surface area contributed by atoms with E-state index in [9.17, 15) is 9.59 Å². The second-order valence-corrected chi connectivity index (χ2v) is 4.06. The SMILES string of the molecule is C=CCN1C(=O)C(=O)CC2=C1CCCC2. The van der Waals surface area contributed by atoms with E-state index in [1.165, 1.54) is 5.57 Å². The Balaban J connectivity index is 2.34. The van der Waals surface area contributed by atoms with E-state index in [0.717, 1.165) is 31.4 Å². The molecule has 0 saturated heterocycles. The first-order chi connectivity index (χ1) is 7.24. The molecule has 0 aromatic carbocycles. The largest absolute Gasteiger partial charge is 0.306 e. The van der Waals surface area contributed by atoms with Crippen LogP contribution in [0.5, 0.6) is 0 Å². The van der Waals surface area contributed by atoms with Crippen LogP contribution in [-0.4, -0.2) is 23.1 Å². The van der Waals surface area contributed by atoms with Crippen molar-refractivity contribution >= 4 is 11.7 Å². The van der Waals surface area contributed by atoms with E-state index in [1.54, 1.807) is 11.0 Å². The number of hydrogen-bond donors (Lipinski definition) is 0. The molecule has 0 atom stereocenters. The molecule has 0 aromatic heterocycles. The van der Waals surface area contributed by atoms with Crippen LogP contribution in [0.3, 0.4) is 0 Å². The quantitative estimate of drug-likeness (QED) is 0.509. The lowest BCUT2D eigenvalue weighted by molar-refractivity contribution is -0.143. The van der Waals surface area contributed by atoms with Gasteiger partial charge in [-0.05, 0) is 31.3 Å². The molecule has 0 N–H and O–H groups in total. The molecule has 0 saturated carbocycles. The Kier molecular flexibility index (Phi) is 2.71. The smallest absolute Gasteiger partial charge is 0.294 e. The highest BCUT2D eigenvalue weighted by molar-refractivity contribution is 6.37. The molecule has 1 heterocycles. The lowest BCUT2D eigenvalue weighted by atomic mass is 9.88. The van der Waals surface area contributed by atoms with Crippen LogP contribution in [0.15, 0.2) is 23.9 Å². The number of ketones is 1. The van der Waals surface area contributed by atoms with Gasteiger partial charge in [0.1, 0.15) is 0 Å². The highest BCUT2D eigenvalue weighted by Gasteiger charge is 2.32. The number of carbonyl (C=O) groups excluding carboxylic acids is 2. The van der Waals surface area contributed by atoms with Crippen LogP contribution in [0.4, 0.5) is 0 Å². The van der Waals surface area contributed by atoms with Crippen molar-refractivity contribution < 1.29 is 9.59 Å². The Labute approximate surface area is 89.4 Å². The normalized spacial score (nSPS) is 21.7. The third kappa shape index (κ3) is 1.74. The highest BCUT2D eigenvalue weighted by Crippen LogP contribution is 2.32. The number of allylic oxidation sites excluding steroid dienone is 2. The Morgan fingerprint density at radius 1 is 1.27 bits per heavy atom. The van der Waals surface area contributed by atoms with Gasteiger partial charge in [0.15, 0.2) is 0 Å². The Hall–Kier alpha value is -1.38.